The van der Waals surface area contributed by atoms with Crippen molar-refractivity contribution in [1.29, 1.82) is 0 Å². The molecule has 0 amide bonds. The Labute approximate surface area is 171 Å². The number of thiophene rings is 2. The molecule has 1 aliphatic rings. The van der Waals surface area contributed by atoms with Crippen LogP contribution in [0, 0.1) is 24.0 Å². The Morgan fingerprint density at radius 3 is 2.57 bits per heavy atom. The lowest BCUT2D eigenvalue weighted by Crippen LogP contribution is -2.40. The van der Waals surface area contributed by atoms with Gasteiger partial charge in [-0.15, -0.1) is 22.7 Å². The molecular weight excluding hydrogens is 416 g/mol. The van der Waals surface area contributed by atoms with Gasteiger partial charge in [0.2, 0.25) is 0 Å². The minimum atomic E-state index is -4.07. The van der Waals surface area contributed by atoms with Crippen LogP contribution in [0.1, 0.15) is 32.5 Å². The second kappa shape index (κ2) is 7.07. The molecule has 0 bridgehead atoms. The van der Waals surface area contributed by atoms with Crippen molar-refractivity contribution in [3.63, 3.8) is 0 Å². The predicted molar refractivity (Wildman–Crippen MR) is 111 cm³/mol. The Hall–Kier alpha value is -2.07. The number of fused-ring (bicyclic) bond motifs is 1. The quantitative estimate of drug-likeness (QED) is 0.441. The molecule has 4 rings (SSSR count). The van der Waals surface area contributed by atoms with Crippen molar-refractivity contribution in [2.45, 2.75) is 31.2 Å². The monoisotopic (exact) mass is 434 g/mol. The summed E-state index contributed by atoms with van der Waals surface area (Å²) < 4.78 is 28.7. The molecular formula is C19H18N2O4S3. The summed E-state index contributed by atoms with van der Waals surface area (Å²) >= 11 is 3.11. The molecule has 6 nitrogen and oxygen atoms in total. The van der Waals surface area contributed by atoms with E-state index < -0.39 is 21.0 Å². The smallest absolute Gasteiger partial charge is 0.258 e. The van der Waals surface area contributed by atoms with E-state index in [9.17, 15) is 18.5 Å². The van der Waals surface area contributed by atoms with E-state index in [-0.39, 0.29) is 10.6 Å². The van der Waals surface area contributed by atoms with Crippen LogP contribution in [0.5, 0.6) is 0 Å². The average molecular weight is 435 g/mol. The van der Waals surface area contributed by atoms with Gasteiger partial charge < -0.3 is 0 Å². The Bertz CT molecular complexity index is 1150. The summed E-state index contributed by atoms with van der Waals surface area (Å²) in [5.74, 6) is 0. The summed E-state index contributed by atoms with van der Waals surface area (Å²) in [5.41, 5.74) is 2.00. The molecule has 28 heavy (non-hydrogen) atoms. The van der Waals surface area contributed by atoms with E-state index in [1.54, 1.807) is 25.2 Å². The number of nitro groups is 1. The zero-order valence-electron chi connectivity index (χ0n) is 15.3. The van der Waals surface area contributed by atoms with Crippen molar-refractivity contribution in [2.75, 3.05) is 6.54 Å². The first-order chi connectivity index (χ1) is 13.3. The molecule has 9 heteroatoms. The van der Waals surface area contributed by atoms with Gasteiger partial charge in [0.15, 0.2) is 4.90 Å². The third-order valence-corrected chi connectivity index (χ3v) is 8.91. The summed E-state index contributed by atoms with van der Waals surface area (Å²) in [6, 6.07) is 8.09. The van der Waals surface area contributed by atoms with Gasteiger partial charge >= 0.3 is 0 Å². The summed E-state index contributed by atoms with van der Waals surface area (Å²) in [5, 5.41) is 15.5. The SMILES string of the molecule is Cc1cc([N+](=O)[O-])c(S(=O)(=O)N2CCc3sccc3[C@H]2c2cccs2)cc1C. The van der Waals surface area contributed by atoms with Gasteiger partial charge in [0.1, 0.15) is 0 Å². The lowest BCUT2D eigenvalue weighted by molar-refractivity contribution is -0.387. The third-order valence-electron chi connectivity index (χ3n) is 5.09. The number of nitro benzene ring substituents is 1. The highest BCUT2D eigenvalue weighted by molar-refractivity contribution is 7.89. The van der Waals surface area contributed by atoms with Crippen molar-refractivity contribution in [1.82, 2.24) is 4.31 Å². The Kier molecular flexibility index (Phi) is 4.86. The summed E-state index contributed by atoms with van der Waals surface area (Å²) in [4.78, 5) is 12.8. The molecule has 1 aliphatic heterocycles. The maximum Gasteiger partial charge on any atom is 0.289 e. The Morgan fingerprint density at radius 2 is 1.89 bits per heavy atom. The number of hydrogen-bond donors (Lipinski definition) is 0. The van der Waals surface area contributed by atoms with E-state index in [1.807, 2.05) is 29.0 Å². The van der Waals surface area contributed by atoms with Gasteiger partial charge in [-0.25, -0.2) is 8.42 Å². The van der Waals surface area contributed by atoms with E-state index in [0.717, 1.165) is 10.4 Å². The van der Waals surface area contributed by atoms with Crippen LogP contribution in [0.2, 0.25) is 0 Å². The lowest BCUT2D eigenvalue weighted by Gasteiger charge is -2.34. The fourth-order valence-corrected chi connectivity index (χ4v) is 7.18. The minimum Gasteiger partial charge on any atom is -0.258 e. The number of nitrogens with zero attached hydrogens (tertiary/aromatic N) is 2. The Balaban J connectivity index is 1.90. The highest BCUT2D eigenvalue weighted by Crippen LogP contribution is 2.43. The van der Waals surface area contributed by atoms with Crippen molar-refractivity contribution in [3.05, 3.63) is 77.7 Å². The van der Waals surface area contributed by atoms with Gasteiger partial charge in [0, 0.05) is 22.4 Å². The average Bonchev–Trinajstić information content (AvgIpc) is 3.33. The van der Waals surface area contributed by atoms with Gasteiger partial charge in [-0.1, -0.05) is 6.07 Å². The second-order valence-corrected chi connectivity index (χ2v) is 10.6. The second-order valence-electron chi connectivity index (χ2n) is 6.74. The molecule has 0 N–H and O–H groups in total. The molecule has 1 atom stereocenters. The molecule has 0 aliphatic carbocycles. The van der Waals surface area contributed by atoms with Gasteiger partial charge in [-0.05, 0) is 65.9 Å². The van der Waals surface area contributed by atoms with Crippen LogP contribution < -0.4 is 0 Å². The molecule has 0 unspecified atom stereocenters. The van der Waals surface area contributed by atoms with E-state index >= 15 is 0 Å². The number of benzene rings is 1. The summed E-state index contributed by atoms with van der Waals surface area (Å²) in [6.45, 7) is 3.80. The number of hydrogen-bond acceptors (Lipinski definition) is 6. The Morgan fingerprint density at radius 1 is 1.14 bits per heavy atom. The van der Waals surface area contributed by atoms with Crippen LogP contribution in [0.3, 0.4) is 0 Å². The van der Waals surface area contributed by atoms with E-state index in [0.29, 0.717) is 24.1 Å². The zero-order chi connectivity index (χ0) is 20.1. The van der Waals surface area contributed by atoms with Crippen LogP contribution in [-0.2, 0) is 16.4 Å². The fourth-order valence-electron chi connectivity index (χ4n) is 3.54. The predicted octanol–water partition coefficient (Wildman–Crippen LogP) is 4.67. The van der Waals surface area contributed by atoms with Crippen molar-refractivity contribution < 1.29 is 13.3 Å². The third kappa shape index (κ3) is 3.08. The van der Waals surface area contributed by atoms with Crippen molar-refractivity contribution >= 4 is 38.4 Å². The maximum atomic E-state index is 13.6. The largest absolute Gasteiger partial charge is 0.289 e. The van der Waals surface area contributed by atoms with Crippen LogP contribution in [0.15, 0.2) is 46.0 Å². The molecule has 0 radical (unpaired) electrons. The van der Waals surface area contributed by atoms with Gasteiger partial charge in [-0.2, -0.15) is 4.31 Å². The molecule has 0 saturated heterocycles. The van der Waals surface area contributed by atoms with Crippen molar-refractivity contribution in [2.24, 2.45) is 0 Å². The maximum absolute atomic E-state index is 13.6. The van der Waals surface area contributed by atoms with Crippen LogP contribution in [0.4, 0.5) is 5.69 Å². The van der Waals surface area contributed by atoms with Crippen LogP contribution in [-0.4, -0.2) is 24.2 Å². The first-order valence-electron chi connectivity index (χ1n) is 8.68. The molecule has 3 heterocycles. The van der Waals surface area contributed by atoms with Gasteiger partial charge in [-0.3, -0.25) is 10.1 Å². The molecule has 3 aromatic rings. The first kappa shape index (κ1) is 19.3. The molecule has 0 spiro atoms. The highest BCUT2D eigenvalue weighted by Gasteiger charge is 2.41. The fraction of sp³-hybridized carbons (Fsp3) is 0.263. The zero-order valence-corrected chi connectivity index (χ0v) is 17.7. The normalized spacial score (nSPS) is 17.4. The molecule has 2 aromatic heterocycles. The molecule has 146 valence electrons. The van der Waals surface area contributed by atoms with E-state index in [2.05, 4.69) is 0 Å². The van der Waals surface area contributed by atoms with Crippen LogP contribution >= 0.6 is 22.7 Å². The first-order valence-corrected chi connectivity index (χ1v) is 11.9. The standard InChI is InChI=1S/C19H18N2O4S3/c1-12-10-15(21(22)23)18(11-13(12)2)28(24,25)20-7-5-16-14(6-9-27-16)19(20)17-4-3-8-26-17/h3-4,6,8-11,19H,5,7H2,1-2H3/t19-/m0/s1. The lowest BCUT2D eigenvalue weighted by atomic mass is 10.0. The minimum absolute atomic E-state index is 0.235. The van der Waals surface area contributed by atoms with Gasteiger partial charge in [0.05, 0.1) is 11.0 Å². The molecule has 0 saturated carbocycles. The number of aryl methyl sites for hydroxylation is 2. The van der Waals surface area contributed by atoms with Gasteiger partial charge in [0.25, 0.3) is 15.7 Å². The molecule has 0 fully saturated rings. The van der Waals surface area contributed by atoms with Crippen LogP contribution in [0.25, 0.3) is 0 Å². The van der Waals surface area contributed by atoms with E-state index in [4.69, 9.17) is 0 Å². The van der Waals surface area contributed by atoms with E-state index in [1.165, 1.54) is 32.7 Å². The summed E-state index contributed by atoms with van der Waals surface area (Å²) in [6.07, 6.45) is 0.604. The van der Waals surface area contributed by atoms with Crippen molar-refractivity contribution in [3.8, 4) is 0 Å². The summed E-state index contributed by atoms with van der Waals surface area (Å²) in [7, 11) is -4.07. The number of sulfonamides is 1. The molecule has 1 aromatic carbocycles. The number of rotatable bonds is 4. The highest BCUT2D eigenvalue weighted by atomic mass is 32.2. The topological polar surface area (TPSA) is 80.5 Å².